The molecule has 2 fully saturated rings. The Hall–Kier alpha value is -3.69. The summed E-state index contributed by atoms with van der Waals surface area (Å²) >= 11 is 6.67. The summed E-state index contributed by atoms with van der Waals surface area (Å²) in [6, 6.07) is 3.14. The van der Waals surface area contributed by atoms with Crippen molar-refractivity contribution in [1.29, 1.82) is 5.26 Å². The van der Waals surface area contributed by atoms with E-state index in [2.05, 4.69) is 6.08 Å². The predicted octanol–water partition coefficient (Wildman–Crippen LogP) is 0.889. The molecule has 220 valence electrons. The summed E-state index contributed by atoms with van der Waals surface area (Å²) in [6.07, 6.45) is 6.83. The van der Waals surface area contributed by atoms with Crippen molar-refractivity contribution < 1.29 is 29.1 Å². The van der Waals surface area contributed by atoms with Crippen LogP contribution in [0, 0.1) is 28.6 Å². The molecule has 12 heteroatoms. The number of nitriles is 1. The maximum Gasteiger partial charge on any atom is 0.235 e. The standard InChI is InChI=1S/C30H32ClN5O6/c1-36(2)24-23(39)20(27(33)42)25(40)29(13-32)26(41)21-22(38)19-16(11-28(21,34)12-30(24,29)35)15(8-9-18(19)37)10-17(31)14-6-4-3-5-7-14/h6,8-10,20-21,24,37H,3-5,7,11-12,34-35H2,1-2H3,(H2,33,42)/b17-10-/t20?,21?,24-,28-,29+,30-/m1/s1. The van der Waals surface area contributed by atoms with E-state index < -0.39 is 75.6 Å². The van der Waals surface area contributed by atoms with E-state index in [0.29, 0.717) is 16.2 Å². The number of allylic oxidation sites excluding steroid dienone is 3. The number of aromatic hydroxyl groups is 1. The van der Waals surface area contributed by atoms with Gasteiger partial charge >= 0.3 is 0 Å². The number of carbonyl (C=O) groups is 5. The first-order chi connectivity index (χ1) is 19.7. The highest BCUT2D eigenvalue weighted by atomic mass is 35.5. The molecular weight excluding hydrogens is 562 g/mol. The van der Waals surface area contributed by atoms with E-state index in [9.17, 15) is 34.3 Å². The number of primary amides is 1. The number of hydrogen-bond donors (Lipinski definition) is 4. The van der Waals surface area contributed by atoms with E-state index >= 15 is 0 Å². The quantitative estimate of drug-likeness (QED) is 0.362. The van der Waals surface area contributed by atoms with Crippen LogP contribution in [0.15, 0.2) is 28.8 Å². The summed E-state index contributed by atoms with van der Waals surface area (Å²) in [4.78, 5) is 69.4. The van der Waals surface area contributed by atoms with Crippen LogP contribution in [-0.4, -0.2) is 70.3 Å². The zero-order chi connectivity index (χ0) is 30.9. The molecule has 0 aliphatic heterocycles. The molecule has 0 spiro atoms. The van der Waals surface area contributed by atoms with Crippen molar-refractivity contribution in [2.75, 3.05) is 14.1 Å². The molecule has 1 aromatic rings. The van der Waals surface area contributed by atoms with Crippen molar-refractivity contribution in [3.8, 4) is 11.8 Å². The van der Waals surface area contributed by atoms with Crippen LogP contribution < -0.4 is 17.2 Å². The minimum absolute atomic E-state index is 0.157. The normalized spacial score (nSPS) is 34.7. The minimum atomic E-state index is -2.78. The molecule has 7 N–H and O–H groups in total. The smallest absolute Gasteiger partial charge is 0.235 e. The number of ketones is 4. The molecule has 5 rings (SSSR count). The van der Waals surface area contributed by atoms with Crippen LogP contribution in [0.2, 0.25) is 0 Å². The summed E-state index contributed by atoms with van der Waals surface area (Å²) in [5, 5.41) is 21.7. The Labute approximate surface area is 247 Å². The Morgan fingerprint density at radius 1 is 1.17 bits per heavy atom. The molecule has 11 nitrogen and oxygen atoms in total. The number of fused-ring (bicyclic) bond motifs is 3. The lowest BCUT2D eigenvalue weighted by molar-refractivity contribution is -0.166. The molecule has 1 aromatic carbocycles. The fourth-order valence-electron chi connectivity index (χ4n) is 7.65. The number of hydrogen-bond acceptors (Lipinski definition) is 10. The van der Waals surface area contributed by atoms with Crippen molar-refractivity contribution in [3.63, 3.8) is 0 Å². The number of likely N-dealkylation sites (N-methyl/N-ethyl adjacent to an activating group) is 1. The van der Waals surface area contributed by atoms with Gasteiger partial charge in [0.25, 0.3) is 0 Å². The van der Waals surface area contributed by atoms with Gasteiger partial charge in [0.05, 0.1) is 23.2 Å². The van der Waals surface area contributed by atoms with Gasteiger partial charge < -0.3 is 22.3 Å². The van der Waals surface area contributed by atoms with Crippen LogP contribution in [0.4, 0.5) is 0 Å². The SMILES string of the molecule is CN(C)[C@@H]1C(=O)C(C(N)=O)C(=O)[C@@]2(C#N)C(=O)C3C(=O)c4c(O)ccc(/C=C(\Cl)C5=CCCCC5)c4C[C@@]3(N)C[C@@]12N. The van der Waals surface area contributed by atoms with Gasteiger partial charge in [0, 0.05) is 10.6 Å². The van der Waals surface area contributed by atoms with Crippen molar-refractivity contribution in [2.24, 2.45) is 34.5 Å². The van der Waals surface area contributed by atoms with Crippen LogP contribution in [0.3, 0.4) is 0 Å². The number of rotatable bonds is 4. The molecular formula is C30H32ClN5O6. The summed E-state index contributed by atoms with van der Waals surface area (Å²) in [5.41, 5.74) is 14.0. The Kier molecular flexibility index (Phi) is 7.06. The average Bonchev–Trinajstić information content (AvgIpc) is 2.89. The molecule has 0 bridgehead atoms. The number of phenols is 1. The third kappa shape index (κ3) is 3.86. The molecule has 0 aromatic heterocycles. The van der Waals surface area contributed by atoms with Gasteiger partial charge in [-0.15, -0.1) is 0 Å². The molecule has 2 saturated carbocycles. The third-order valence-electron chi connectivity index (χ3n) is 9.39. The number of Topliss-reactive ketones (excluding diaryl/α,β-unsaturated/α-hetero) is 4. The molecule has 2 unspecified atom stereocenters. The van der Waals surface area contributed by atoms with Gasteiger partial charge in [-0.1, -0.05) is 23.7 Å². The van der Waals surface area contributed by atoms with E-state index in [1.54, 1.807) is 18.2 Å². The summed E-state index contributed by atoms with van der Waals surface area (Å²) in [6.45, 7) is 0. The lowest BCUT2D eigenvalue weighted by Crippen LogP contribution is -2.85. The van der Waals surface area contributed by atoms with E-state index in [4.69, 9.17) is 28.8 Å². The summed E-state index contributed by atoms with van der Waals surface area (Å²) in [5.74, 6) is -10.0. The van der Waals surface area contributed by atoms with Crippen LogP contribution >= 0.6 is 11.6 Å². The average molecular weight is 594 g/mol. The molecule has 4 aliphatic rings. The predicted molar refractivity (Wildman–Crippen MR) is 152 cm³/mol. The van der Waals surface area contributed by atoms with E-state index in [1.807, 2.05) is 0 Å². The number of nitrogens with zero attached hydrogens (tertiary/aromatic N) is 2. The van der Waals surface area contributed by atoms with E-state index in [1.165, 1.54) is 25.1 Å². The Morgan fingerprint density at radius 2 is 1.86 bits per heavy atom. The minimum Gasteiger partial charge on any atom is -0.507 e. The van der Waals surface area contributed by atoms with Gasteiger partial charge in [0.2, 0.25) is 5.91 Å². The lowest BCUT2D eigenvalue weighted by atomic mass is 9.42. The Balaban J connectivity index is 1.72. The first-order valence-electron chi connectivity index (χ1n) is 13.7. The van der Waals surface area contributed by atoms with Gasteiger partial charge in [0.1, 0.15) is 11.7 Å². The first kappa shape index (κ1) is 29.8. The number of halogens is 1. The molecule has 0 radical (unpaired) electrons. The van der Waals surface area contributed by atoms with Crippen molar-refractivity contribution in [1.82, 2.24) is 4.90 Å². The number of nitrogens with two attached hydrogens (primary N) is 3. The third-order valence-corrected chi connectivity index (χ3v) is 9.74. The molecule has 0 heterocycles. The van der Waals surface area contributed by atoms with Crippen LogP contribution in [0.5, 0.6) is 5.75 Å². The first-order valence-corrected chi connectivity index (χ1v) is 14.1. The zero-order valence-corrected chi connectivity index (χ0v) is 24.0. The zero-order valence-electron chi connectivity index (χ0n) is 23.3. The number of benzene rings is 1. The Bertz CT molecular complexity index is 1580. The monoisotopic (exact) mass is 593 g/mol. The number of amides is 1. The van der Waals surface area contributed by atoms with Gasteiger partial charge in [0.15, 0.2) is 34.5 Å². The van der Waals surface area contributed by atoms with Crippen molar-refractivity contribution in [3.05, 3.63) is 45.5 Å². The van der Waals surface area contributed by atoms with Crippen molar-refractivity contribution >= 4 is 46.7 Å². The van der Waals surface area contributed by atoms with Gasteiger partial charge in [-0.3, -0.25) is 28.9 Å². The highest BCUT2D eigenvalue weighted by Crippen LogP contribution is 2.56. The number of carbonyl (C=O) groups excluding carboxylic acids is 5. The highest BCUT2D eigenvalue weighted by molar-refractivity contribution is 6.34. The van der Waals surface area contributed by atoms with E-state index in [0.717, 1.165) is 31.3 Å². The van der Waals surface area contributed by atoms with Crippen molar-refractivity contribution in [2.45, 2.75) is 55.6 Å². The Morgan fingerprint density at radius 3 is 2.43 bits per heavy atom. The second-order valence-corrected chi connectivity index (χ2v) is 12.5. The van der Waals surface area contributed by atoms with Gasteiger partial charge in [-0.2, -0.15) is 5.26 Å². The second-order valence-electron chi connectivity index (χ2n) is 12.1. The van der Waals surface area contributed by atoms with E-state index in [-0.39, 0.29) is 12.0 Å². The molecule has 1 amide bonds. The highest BCUT2D eigenvalue weighted by Gasteiger charge is 2.78. The molecule has 6 atom stereocenters. The topological polar surface area (TPSA) is 211 Å². The maximum atomic E-state index is 14.4. The molecule has 42 heavy (non-hydrogen) atoms. The number of phenolic OH excluding ortho intramolecular Hbond substituents is 1. The largest absolute Gasteiger partial charge is 0.507 e. The molecule has 4 aliphatic carbocycles. The van der Waals surface area contributed by atoms with Gasteiger partial charge in [-0.05, 0) is 81.5 Å². The van der Waals surface area contributed by atoms with Crippen LogP contribution in [-0.2, 0) is 25.6 Å². The van der Waals surface area contributed by atoms with Gasteiger partial charge in [-0.25, -0.2) is 0 Å². The summed E-state index contributed by atoms with van der Waals surface area (Å²) < 4.78 is 0. The molecule has 0 saturated heterocycles. The maximum absolute atomic E-state index is 14.4. The van der Waals surface area contributed by atoms with Crippen LogP contribution in [0.1, 0.15) is 53.6 Å². The lowest BCUT2D eigenvalue weighted by Gasteiger charge is -2.60. The second kappa shape index (κ2) is 9.95. The summed E-state index contributed by atoms with van der Waals surface area (Å²) in [7, 11) is 2.91. The van der Waals surface area contributed by atoms with Crippen LogP contribution in [0.25, 0.3) is 6.08 Å². The fourth-order valence-corrected chi connectivity index (χ4v) is 7.94. The fraction of sp³-hybridized carbons (Fsp3) is 0.467.